The van der Waals surface area contributed by atoms with Crippen molar-refractivity contribution in [2.45, 2.75) is 6.18 Å². The smallest absolute Gasteiger partial charge is 0.435 e. The number of ether oxygens (including phenoxy) is 1. The van der Waals surface area contributed by atoms with E-state index in [9.17, 15) is 18.0 Å². The normalized spacial score (nSPS) is 11.3. The summed E-state index contributed by atoms with van der Waals surface area (Å²) in [6.07, 6.45) is -4.52. The molecule has 1 rings (SSSR count). The van der Waals surface area contributed by atoms with Gasteiger partial charge in [0, 0.05) is 6.54 Å². The van der Waals surface area contributed by atoms with Crippen LogP contribution in [0.5, 0.6) is 0 Å². The maximum absolute atomic E-state index is 12.1. The fourth-order valence-electron chi connectivity index (χ4n) is 0.988. The zero-order chi connectivity index (χ0) is 13.6. The van der Waals surface area contributed by atoms with Crippen LogP contribution in [-0.4, -0.2) is 41.0 Å². The van der Waals surface area contributed by atoms with E-state index >= 15 is 0 Å². The molecule has 0 aliphatic carbocycles. The lowest BCUT2D eigenvalue weighted by molar-refractivity contribution is -0.142. The molecule has 0 bridgehead atoms. The van der Waals surface area contributed by atoms with Crippen molar-refractivity contribution in [3.8, 4) is 0 Å². The highest BCUT2D eigenvalue weighted by molar-refractivity contribution is 5.67. The third kappa shape index (κ3) is 4.95. The van der Waals surface area contributed by atoms with Gasteiger partial charge in [-0.1, -0.05) is 0 Å². The Labute approximate surface area is 99.8 Å². The third-order valence-electron chi connectivity index (χ3n) is 1.73. The highest BCUT2D eigenvalue weighted by atomic mass is 19.4. The molecule has 0 amide bonds. The molecule has 6 nitrogen and oxygen atoms in total. The first-order valence-electron chi connectivity index (χ1n) is 4.84. The second-order valence-electron chi connectivity index (χ2n) is 3.17. The van der Waals surface area contributed by atoms with E-state index in [0.717, 1.165) is 12.1 Å². The average Bonchev–Trinajstić information content (AvgIpc) is 2.27. The Bertz CT molecular complexity index is 394. The highest BCUT2D eigenvalue weighted by Gasteiger charge is 2.32. The lowest BCUT2D eigenvalue weighted by Crippen LogP contribution is -2.15. The van der Waals surface area contributed by atoms with E-state index in [0.29, 0.717) is 0 Å². The first-order chi connectivity index (χ1) is 8.39. The van der Waals surface area contributed by atoms with Gasteiger partial charge < -0.3 is 15.2 Å². The summed E-state index contributed by atoms with van der Waals surface area (Å²) < 4.78 is 41.2. The van der Waals surface area contributed by atoms with Gasteiger partial charge in [-0.15, -0.1) is 10.2 Å². The van der Waals surface area contributed by atoms with Crippen LogP contribution in [0, 0.1) is 0 Å². The number of halogens is 3. The first kappa shape index (κ1) is 14.2. The molecule has 1 aromatic rings. The van der Waals surface area contributed by atoms with Crippen molar-refractivity contribution in [1.29, 1.82) is 0 Å². The number of anilines is 1. The summed E-state index contributed by atoms with van der Waals surface area (Å²) >= 11 is 0. The van der Waals surface area contributed by atoms with Gasteiger partial charge in [-0.25, -0.2) is 4.79 Å². The number of aromatic nitrogens is 2. The van der Waals surface area contributed by atoms with Gasteiger partial charge >= 0.3 is 12.1 Å². The molecule has 100 valence electrons. The van der Waals surface area contributed by atoms with E-state index in [1.807, 2.05) is 0 Å². The van der Waals surface area contributed by atoms with E-state index < -0.39 is 24.4 Å². The average molecular weight is 265 g/mol. The van der Waals surface area contributed by atoms with E-state index in [1.165, 1.54) is 0 Å². The molecule has 0 saturated carbocycles. The fraction of sp³-hybridized carbons (Fsp3) is 0.444. The van der Waals surface area contributed by atoms with E-state index in [-0.39, 0.29) is 19.0 Å². The third-order valence-corrected chi connectivity index (χ3v) is 1.73. The molecule has 0 radical (unpaired) electrons. The minimum atomic E-state index is -4.52. The standard InChI is InChI=1S/C9H10F3N3O3/c10-9(11,12)6-1-2-7(15-14-6)13-3-4-18-5-8(16)17/h1-2H,3-5H2,(H,13,15)(H,16,17). The summed E-state index contributed by atoms with van der Waals surface area (Å²) in [5.41, 5.74) is -1.07. The Hall–Kier alpha value is -1.90. The van der Waals surface area contributed by atoms with E-state index in [1.54, 1.807) is 0 Å². The summed E-state index contributed by atoms with van der Waals surface area (Å²) in [7, 11) is 0. The Kier molecular flexibility index (Phi) is 4.84. The maximum atomic E-state index is 12.1. The van der Waals surface area contributed by atoms with Gasteiger partial charge in [0.25, 0.3) is 0 Å². The van der Waals surface area contributed by atoms with Gasteiger partial charge in [0.1, 0.15) is 12.4 Å². The Morgan fingerprint density at radius 3 is 2.61 bits per heavy atom. The lowest BCUT2D eigenvalue weighted by Gasteiger charge is -2.07. The summed E-state index contributed by atoms with van der Waals surface area (Å²) in [6, 6.07) is 1.93. The Morgan fingerprint density at radius 1 is 1.39 bits per heavy atom. The number of nitrogens with one attached hydrogen (secondary N) is 1. The first-order valence-corrected chi connectivity index (χ1v) is 4.84. The Balaban J connectivity index is 2.33. The number of rotatable bonds is 6. The molecule has 18 heavy (non-hydrogen) atoms. The van der Waals surface area contributed by atoms with E-state index in [2.05, 4.69) is 15.5 Å². The molecule has 9 heteroatoms. The number of hydrogen-bond acceptors (Lipinski definition) is 5. The quantitative estimate of drug-likeness (QED) is 0.747. The SMILES string of the molecule is O=C(O)COCCNc1ccc(C(F)(F)F)nn1. The van der Waals surface area contributed by atoms with Crippen molar-refractivity contribution >= 4 is 11.8 Å². The monoisotopic (exact) mass is 265 g/mol. The van der Waals surface area contributed by atoms with Crippen LogP contribution in [0.3, 0.4) is 0 Å². The van der Waals surface area contributed by atoms with Crippen molar-refractivity contribution in [3.05, 3.63) is 17.8 Å². The van der Waals surface area contributed by atoms with Gasteiger partial charge in [0.05, 0.1) is 6.61 Å². The van der Waals surface area contributed by atoms with Crippen LogP contribution in [0.1, 0.15) is 5.69 Å². The van der Waals surface area contributed by atoms with Crippen LogP contribution in [-0.2, 0) is 15.7 Å². The van der Waals surface area contributed by atoms with Crippen LogP contribution in [0.15, 0.2) is 12.1 Å². The number of carboxylic acids is 1. The molecule has 1 heterocycles. The predicted octanol–water partition coefficient (Wildman–Crippen LogP) is 1.01. The second kappa shape index (κ2) is 6.15. The molecule has 0 aliphatic rings. The molecule has 2 N–H and O–H groups in total. The highest BCUT2D eigenvalue weighted by Crippen LogP contribution is 2.26. The van der Waals surface area contributed by atoms with Gasteiger partial charge in [-0.2, -0.15) is 13.2 Å². The molecule has 0 spiro atoms. The number of carboxylic acid groups (broad SMARTS) is 1. The largest absolute Gasteiger partial charge is 0.480 e. The van der Waals surface area contributed by atoms with Crippen molar-refractivity contribution in [2.75, 3.05) is 25.1 Å². The molecule has 0 saturated heterocycles. The molecular formula is C9H10F3N3O3. The lowest BCUT2D eigenvalue weighted by atomic mass is 10.4. The predicted molar refractivity (Wildman–Crippen MR) is 54.0 cm³/mol. The van der Waals surface area contributed by atoms with Crippen molar-refractivity contribution in [1.82, 2.24) is 10.2 Å². The van der Waals surface area contributed by atoms with Gasteiger partial charge in [0.2, 0.25) is 0 Å². The molecule has 0 aliphatic heterocycles. The van der Waals surface area contributed by atoms with Gasteiger partial charge in [-0.05, 0) is 12.1 Å². The molecule has 0 fully saturated rings. The van der Waals surface area contributed by atoms with Crippen molar-refractivity contribution < 1.29 is 27.8 Å². The van der Waals surface area contributed by atoms with Crippen LogP contribution >= 0.6 is 0 Å². The minimum Gasteiger partial charge on any atom is -0.480 e. The second-order valence-corrected chi connectivity index (χ2v) is 3.17. The summed E-state index contributed by atoms with van der Waals surface area (Å²) in [5, 5.41) is 17.2. The van der Waals surface area contributed by atoms with Crippen LogP contribution in [0.25, 0.3) is 0 Å². The van der Waals surface area contributed by atoms with Gasteiger partial charge in [0.15, 0.2) is 5.69 Å². The zero-order valence-corrected chi connectivity index (χ0v) is 9.07. The topological polar surface area (TPSA) is 84.3 Å². The summed E-state index contributed by atoms with van der Waals surface area (Å²) in [6.45, 7) is -0.122. The van der Waals surface area contributed by atoms with Crippen molar-refractivity contribution in [3.63, 3.8) is 0 Å². The number of nitrogens with zero attached hydrogens (tertiary/aromatic N) is 2. The Morgan fingerprint density at radius 2 is 2.11 bits per heavy atom. The molecule has 0 atom stereocenters. The number of alkyl halides is 3. The van der Waals surface area contributed by atoms with E-state index in [4.69, 9.17) is 9.84 Å². The zero-order valence-electron chi connectivity index (χ0n) is 9.07. The minimum absolute atomic E-state index is 0.0923. The number of aliphatic carboxylic acids is 1. The van der Waals surface area contributed by atoms with Gasteiger partial charge in [-0.3, -0.25) is 0 Å². The summed E-state index contributed by atoms with van der Waals surface area (Å²) in [5.74, 6) is -0.939. The maximum Gasteiger partial charge on any atom is 0.435 e. The number of carbonyl (C=O) groups is 1. The number of hydrogen-bond donors (Lipinski definition) is 2. The van der Waals surface area contributed by atoms with Crippen LogP contribution < -0.4 is 5.32 Å². The fourth-order valence-corrected chi connectivity index (χ4v) is 0.988. The molecule has 0 unspecified atom stereocenters. The van der Waals surface area contributed by atoms with Crippen molar-refractivity contribution in [2.24, 2.45) is 0 Å². The van der Waals surface area contributed by atoms with Crippen LogP contribution in [0.4, 0.5) is 19.0 Å². The molecular weight excluding hydrogens is 255 g/mol. The summed E-state index contributed by atoms with van der Waals surface area (Å²) in [4.78, 5) is 10.1. The molecule has 0 aromatic carbocycles. The molecule has 1 aromatic heterocycles. The van der Waals surface area contributed by atoms with Crippen LogP contribution in [0.2, 0.25) is 0 Å².